The number of anilines is 1. The van der Waals surface area contributed by atoms with Crippen molar-refractivity contribution in [2.75, 3.05) is 19.0 Å². The maximum Gasteiger partial charge on any atom is 0.222 e. The molecular formula is C20H24N6OS. The number of H-pyrrole nitrogens is 1. The van der Waals surface area contributed by atoms with Crippen LogP contribution in [0.15, 0.2) is 42.6 Å². The standard InChI is InChI=1S/C20H24N6OS/c1-14-5-4-6-16(11-14)19-23-24-20(28)26(19)10-9-18(27)22-13-15-7-8-17(21-12-15)25(2)3/h4-8,11-12H,9-10,13H2,1-3H3,(H,22,27)(H,24,28). The van der Waals surface area contributed by atoms with Crippen molar-refractivity contribution in [1.82, 2.24) is 25.1 Å². The fourth-order valence-corrected chi connectivity index (χ4v) is 3.04. The molecule has 0 spiro atoms. The lowest BCUT2D eigenvalue weighted by atomic mass is 10.1. The van der Waals surface area contributed by atoms with Gasteiger partial charge < -0.3 is 10.2 Å². The van der Waals surface area contributed by atoms with E-state index in [0.717, 1.165) is 28.3 Å². The predicted molar refractivity (Wildman–Crippen MR) is 113 cm³/mol. The maximum atomic E-state index is 12.3. The normalized spacial score (nSPS) is 10.7. The molecule has 0 aliphatic carbocycles. The molecule has 2 heterocycles. The first-order valence-corrected chi connectivity index (χ1v) is 9.46. The number of rotatable bonds is 7. The van der Waals surface area contributed by atoms with E-state index in [1.807, 2.05) is 66.9 Å². The number of carbonyl (C=O) groups excluding carboxylic acids is 1. The first-order valence-electron chi connectivity index (χ1n) is 9.05. The highest BCUT2D eigenvalue weighted by molar-refractivity contribution is 7.71. The minimum Gasteiger partial charge on any atom is -0.363 e. The summed E-state index contributed by atoms with van der Waals surface area (Å²) >= 11 is 5.33. The number of amides is 1. The van der Waals surface area contributed by atoms with Crippen molar-refractivity contribution in [3.63, 3.8) is 0 Å². The van der Waals surface area contributed by atoms with E-state index in [0.29, 0.717) is 24.3 Å². The van der Waals surface area contributed by atoms with Gasteiger partial charge in [0.25, 0.3) is 0 Å². The van der Waals surface area contributed by atoms with Crippen molar-refractivity contribution in [1.29, 1.82) is 0 Å². The maximum absolute atomic E-state index is 12.3. The van der Waals surface area contributed by atoms with E-state index in [1.54, 1.807) is 6.20 Å². The van der Waals surface area contributed by atoms with Crippen molar-refractivity contribution in [3.05, 3.63) is 58.5 Å². The molecule has 8 heteroatoms. The van der Waals surface area contributed by atoms with E-state index >= 15 is 0 Å². The van der Waals surface area contributed by atoms with Crippen LogP contribution >= 0.6 is 12.2 Å². The summed E-state index contributed by atoms with van der Waals surface area (Å²) in [5, 5.41) is 10.1. The first kappa shape index (κ1) is 19.8. The summed E-state index contributed by atoms with van der Waals surface area (Å²) in [7, 11) is 3.88. The van der Waals surface area contributed by atoms with Gasteiger partial charge in [-0.25, -0.2) is 4.98 Å². The molecule has 0 atom stereocenters. The van der Waals surface area contributed by atoms with Gasteiger partial charge >= 0.3 is 0 Å². The van der Waals surface area contributed by atoms with Crippen LogP contribution in [-0.4, -0.2) is 39.8 Å². The van der Waals surface area contributed by atoms with Gasteiger partial charge in [0.05, 0.1) is 0 Å². The smallest absolute Gasteiger partial charge is 0.222 e. The largest absolute Gasteiger partial charge is 0.363 e. The van der Waals surface area contributed by atoms with E-state index in [9.17, 15) is 4.79 Å². The Morgan fingerprint density at radius 2 is 2.11 bits per heavy atom. The summed E-state index contributed by atoms with van der Waals surface area (Å²) in [4.78, 5) is 18.6. The van der Waals surface area contributed by atoms with Gasteiger partial charge in [-0.3, -0.25) is 14.5 Å². The van der Waals surface area contributed by atoms with E-state index in [4.69, 9.17) is 12.2 Å². The van der Waals surface area contributed by atoms with Gasteiger partial charge in [0.2, 0.25) is 5.91 Å². The van der Waals surface area contributed by atoms with Crippen LogP contribution in [0.5, 0.6) is 0 Å². The molecule has 0 unspecified atom stereocenters. The van der Waals surface area contributed by atoms with Crippen LogP contribution < -0.4 is 10.2 Å². The molecule has 0 fully saturated rings. The molecule has 0 aliphatic heterocycles. The van der Waals surface area contributed by atoms with Crippen molar-refractivity contribution in [2.24, 2.45) is 0 Å². The van der Waals surface area contributed by atoms with Gasteiger partial charge in [-0.05, 0) is 36.8 Å². The number of hydrogen-bond donors (Lipinski definition) is 2. The summed E-state index contributed by atoms with van der Waals surface area (Å²) in [6.07, 6.45) is 2.09. The molecule has 2 aromatic heterocycles. The topological polar surface area (TPSA) is 78.8 Å². The molecule has 0 radical (unpaired) electrons. The Kier molecular flexibility index (Phi) is 6.20. The highest BCUT2D eigenvalue weighted by atomic mass is 32.1. The second kappa shape index (κ2) is 8.79. The molecule has 3 aromatic rings. The minimum absolute atomic E-state index is 0.0463. The fourth-order valence-electron chi connectivity index (χ4n) is 2.82. The third kappa shape index (κ3) is 4.83. The lowest BCUT2D eigenvalue weighted by Gasteiger charge is -2.12. The predicted octanol–water partition coefficient (Wildman–Crippen LogP) is 3.08. The zero-order valence-electron chi connectivity index (χ0n) is 16.3. The zero-order chi connectivity index (χ0) is 20.1. The van der Waals surface area contributed by atoms with Crippen LogP contribution in [0.1, 0.15) is 17.5 Å². The number of nitrogens with zero attached hydrogens (tertiary/aromatic N) is 4. The summed E-state index contributed by atoms with van der Waals surface area (Å²) in [5.41, 5.74) is 3.07. The molecule has 1 amide bonds. The van der Waals surface area contributed by atoms with Crippen molar-refractivity contribution < 1.29 is 4.79 Å². The average molecular weight is 397 g/mol. The molecule has 146 valence electrons. The lowest BCUT2D eigenvalue weighted by Crippen LogP contribution is -2.24. The van der Waals surface area contributed by atoms with Crippen LogP contribution in [-0.2, 0) is 17.9 Å². The Bertz CT molecular complexity index is 1010. The van der Waals surface area contributed by atoms with Crippen LogP contribution in [0.25, 0.3) is 11.4 Å². The van der Waals surface area contributed by atoms with E-state index < -0.39 is 0 Å². The number of aryl methyl sites for hydroxylation is 1. The van der Waals surface area contributed by atoms with Gasteiger partial charge in [-0.1, -0.05) is 29.8 Å². The quantitative estimate of drug-likeness (QED) is 0.600. The van der Waals surface area contributed by atoms with Gasteiger partial charge in [-0.2, -0.15) is 5.10 Å². The van der Waals surface area contributed by atoms with Gasteiger partial charge in [0.15, 0.2) is 10.6 Å². The Hall–Kier alpha value is -3.00. The third-order valence-electron chi connectivity index (χ3n) is 4.35. The Balaban J connectivity index is 1.59. The summed E-state index contributed by atoms with van der Waals surface area (Å²) in [5.74, 6) is 1.58. The molecule has 3 rings (SSSR count). The number of pyridine rings is 1. The SMILES string of the molecule is Cc1cccc(-c2n[nH]c(=S)n2CCC(=O)NCc2ccc(N(C)C)nc2)c1. The Labute approximate surface area is 169 Å². The second-order valence-corrected chi connectivity index (χ2v) is 7.21. The number of benzene rings is 1. The number of aromatic nitrogens is 4. The van der Waals surface area contributed by atoms with Crippen LogP contribution in [0.2, 0.25) is 0 Å². The fraction of sp³-hybridized carbons (Fsp3) is 0.300. The third-order valence-corrected chi connectivity index (χ3v) is 4.67. The van der Waals surface area contributed by atoms with Gasteiger partial charge in [0, 0.05) is 45.4 Å². The first-order chi connectivity index (χ1) is 13.4. The Morgan fingerprint density at radius 3 is 2.79 bits per heavy atom. The van der Waals surface area contributed by atoms with Crippen LogP contribution in [0, 0.1) is 11.7 Å². The number of carbonyl (C=O) groups is 1. The molecule has 7 nitrogen and oxygen atoms in total. The zero-order valence-corrected chi connectivity index (χ0v) is 17.1. The molecule has 2 N–H and O–H groups in total. The molecule has 28 heavy (non-hydrogen) atoms. The molecule has 0 saturated heterocycles. The summed E-state index contributed by atoms with van der Waals surface area (Å²) in [6, 6.07) is 11.9. The highest BCUT2D eigenvalue weighted by Crippen LogP contribution is 2.18. The van der Waals surface area contributed by atoms with Gasteiger partial charge in [-0.15, -0.1) is 0 Å². The number of aromatic amines is 1. The number of nitrogens with one attached hydrogen (secondary N) is 2. The Morgan fingerprint density at radius 1 is 1.29 bits per heavy atom. The van der Waals surface area contributed by atoms with Crippen molar-refractivity contribution in [2.45, 2.75) is 26.4 Å². The average Bonchev–Trinajstić information content (AvgIpc) is 3.05. The van der Waals surface area contributed by atoms with E-state index in [1.165, 1.54) is 0 Å². The molecule has 1 aromatic carbocycles. The van der Waals surface area contributed by atoms with E-state index in [-0.39, 0.29) is 5.91 Å². The monoisotopic (exact) mass is 396 g/mol. The molecular weight excluding hydrogens is 372 g/mol. The van der Waals surface area contributed by atoms with E-state index in [2.05, 4.69) is 20.5 Å². The lowest BCUT2D eigenvalue weighted by molar-refractivity contribution is -0.121. The minimum atomic E-state index is -0.0463. The van der Waals surface area contributed by atoms with Crippen LogP contribution in [0.4, 0.5) is 5.82 Å². The van der Waals surface area contributed by atoms with Crippen LogP contribution in [0.3, 0.4) is 0 Å². The van der Waals surface area contributed by atoms with Gasteiger partial charge in [0.1, 0.15) is 5.82 Å². The molecule has 0 bridgehead atoms. The summed E-state index contributed by atoms with van der Waals surface area (Å²) in [6.45, 7) is 2.94. The number of hydrogen-bond acceptors (Lipinski definition) is 5. The van der Waals surface area contributed by atoms with Crippen molar-refractivity contribution >= 4 is 23.9 Å². The summed E-state index contributed by atoms with van der Waals surface area (Å²) < 4.78 is 2.37. The van der Waals surface area contributed by atoms with Crippen molar-refractivity contribution in [3.8, 4) is 11.4 Å². The second-order valence-electron chi connectivity index (χ2n) is 6.82. The molecule has 0 saturated carbocycles. The molecule has 0 aliphatic rings. The highest BCUT2D eigenvalue weighted by Gasteiger charge is 2.11.